The molecule has 1 fully saturated rings. The van der Waals surface area contributed by atoms with Gasteiger partial charge in [0.05, 0.1) is 0 Å². The highest BCUT2D eigenvalue weighted by molar-refractivity contribution is 5.92. The fraction of sp³-hybridized carbons (Fsp3) is 0.462. The van der Waals surface area contributed by atoms with Crippen molar-refractivity contribution in [2.24, 2.45) is 0 Å². The molecule has 2 heterocycles. The summed E-state index contributed by atoms with van der Waals surface area (Å²) in [6, 6.07) is 5.31. The molecule has 96 valence electrons. The third-order valence-corrected chi connectivity index (χ3v) is 3.11. The molecule has 2 rings (SSSR count). The molecule has 5 nitrogen and oxygen atoms in total. The van der Waals surface area contributed by atoms with Crippen molar-refractivity contribution in [1.29, 1.82) is 0 Å². The Hall–Kier alpha value is -1.91. The fourth-order valence-electron chi connectivity index (χ4n) is 2.09. The van der Waals surface area contributed by atoms with Crippen LogP contribution in [0.25, 0.3) is 0 Å². The van der Waals surface area contributed by atoms with E-state index in [9.17, 15) is 9.59 Å². The van der Waals surface area contributed by atoms with Crippen LogP contribution in [0.15, 0.2) is 24.4 Å². The van der Waals surface area contributed by atoms with E-state index in [0.717, 1.165) is 13.0 Å². The van der Waals surface area contributed by atoms with E-state index in [1.165, 1.54) is 0 Å². The molecule has 0 N–H and O–H groups in total. The van der Waals surface area contributed by atoms with Crippen molar-refractivity contribution in [2.45, 2.75) is 13.3 Å². The lowest BCUT2D eigenvalue weighted by Gasteiger charge is -2.20. The second-order valence-electron chi connectivity index (χ2n) is 4.37. The van der Waals surface area contributed by atoms with Crippen molar-refractivity contribution in [3.8, 4) is 0 Å². The summed E-state index contributed by atoms with van der Waals surface area (Å²) < 4.78 is 0. The van der Waals surface area contributed by atoms with Gasteiger partial charge in [-0.3, -0.25) is 14.6 Å². The van der Waals surface area contributed by atoms with Crippen molar-refractivity contribution in [2.75, 3.05) is 26.2 Å². The number of nitrogens with zero attached hydrogens (tertiary/aromatic N) is 3. The van der Waals surface area contributed by atoms with Gasteiger partial charge in [-0.2, -0.15) is 0 Å². The molecule has 2 amide bonds. The van der Waals surface area contributed by atoms with E-state index in [2.05, 4.69) is 4.98 Å². The molecule has 0 saturated carbocycles. The van der Waals surface area contributed by atoms with Crippen LogP contribution in [-0.4, -0.2) is 52.8 Å². The van der Waals surface area contributed by atoms with Crippen LogP contribution in [0, 0.1) is 0 Å². The van der Waals surface area contributed by atoms with E-state index >= 15 is 0 Å². The van der Waals surface area contributed by atoms with Crippen LogP contribution >= 0.6 is 0 Å². The Balaban J connectivity index is 2.02. The molecule has 0 unspecified atom stereocenters. The van der Waals surface area contributed by atoms with Crippen LogP contribution in [-0.2, 0) is 4.79 Å². The summed E-state index contributed by atoms with van der Waals surface area (Å²) >= 11 is 0. The van der Waals surface area contributed by atoms with Gasteiger partial charge < -0.3 is 9.80 Å². The van der Waals surface area contributed by atoms with E-state index in [0.29, 0.717) is 25.3 Å². The molecule has 1 aliphatic heterocycles. The summed E-state index contributed by atoms with van der Waals surface area (Å²) in [6.45, 7) is 4.15. The Labute approximate surface area is 106 Å². The molecule has 0 aromatic carbocycles. The number of rotatable bonds is 1. The van der Waals surface area contributed by atoms with E-state index in [1.807, 2.05) is 0 Å². The quantitative estimate of drug-likeness (QED) is 0.736. The highest BCUT2D eigenvalue weighted by Crippen LogP contribution is 2.07. The third kappa shape index (κ3) is 2.85. The first-order chi connectivity index (χ1) is 8.68. The van der Waals surface area contributed by atoms with Gasteiger partial charge >= 0.3 is 0 Å². The highest BCUT2D eigenvalue weighted by atomic mass is 16.2. The second-order valence-corrected chi connectivity index (χ2v) is 4.37. The van der Waals surface area contributed by atoms with Crippen LogP contribution in [0.1, 0.15) is 23.8 Å². The Morgan fingerprint density at radius 3 is 2.50 bits per heavy atom. The van der Waals surface area contributed by atoms with Crippen LogP contribution in [0.2, 0.25) is 0 Å². The first-order valence-corrected chi connectivity index (χ1v) is 6.14. The molecule has 0 aliphatic carbocycles. The van der Waals surface area contributed by atoms with Gasteiger partial charge in [0.25, 0.3) is 5.91 Å². The molecule has 0 bridgehead atoms. The van der Waals surface area contributed by atoms with E-state index in [4.69, 9.17) is 0 Å². The van der Waals surface area contributed by atoms with Gasteiger partial charge in [-0.25, -0.2) is 0 Å². The van der Waals surface area contributed by atoms with Crippen molar-refractivity contribution < 1.29 is 9.59 Å². The monoisotopic (exact) mass is 247 g/mol. The molecule has 1 aromatic heterocycles. The van der Waals surface area contributed by atoms with Gasteiger partial charge in [-0.15, -0.1) is 0 Å². The molecular weight excluding hydrogens is 230 g/mol. The van der Waals surface area contributed by atoms with Gasteiger partial charge in [-0.05, 0) is 18.6 Å². The molecule has 1 aliphatic rings. The molecule has 0 radical (unpaired) electrons. The molecule has 18 heavy (non-hydrogen) atoms. The van der Waals surface area contributed by atoms with Crippen molar-refractivity contribution in [3.63, 3.8) is 0 Å². The minimum atomic E-state index is -0.0546. The average Bonchev–Trinajstić information content (AvgIpc) is 2.64. The van der Waals surface area contributed by atoms with Gasteiger partial charge in [0.15, 0.2) is 0 Å². The third-order valence-electron chi connectivity index (χ3n) is 3.11. The van der Waals surface area contributed by atoms with Gasteiger partial charge in [-0.1, -0.05) is 6.07 Å². The Bertz CT molecular complexity index is 433. The maximum absolute atomic E-state index is 12.2. The standard InChI is InChI=1S/C13H17N3O2/c1-11(17)15-7-4-8-16(10-9-15)13(18)12-5-2-3-6-14-12/h2-3,5-6H,4,7-10H2,1H3. The summed E-state index contributed by atoms with van der Waals surface area (Å²) in [6.07, 6.45) is 2.44. The zero-order chi connectivity index (χ0) is 13.0. The topological polar surface area (TPSA) is 53.5 Å². The van der Waals surface area contributed by atoms with Crippen molar-refractivity contribution >= 4 is 11.8 Å². The first-order valence-electron chi connectivity index (χ1n) is 6.14. The number of aromatic nitrogens is 1. The van der Waals surface area contributed by atoms with E-state index in [1.54, 1.807) is 41.1 Å². The van der Waals surface area contributed by atoms with Gasteiger partial charge in [0.2, 0.25) is 5.91 Å². The summed E-state index contributed by atoms with van der Waals surface area (Å²) in [7, 11) is 0. The highest BCUT2D eigenvalue weighted by Gasteiger charge is 2.21. The van der Waals surface area contributed by atoms with Crippen LogP contribution in [0.5, 0.6) is 0 Å². The number of carbonyl (C=O) groups excluding carboxylic acids is 2. The lowest BCUT2D eigenvalue weighted by atomic mass is 10.3. The number of amides is 2. The van der Waals surface area contributed by atoms with E-state index < -0.39 is 0 Å². The second kappa shape index (κ2) is 5.62. The summed E-state index contributed by atoms with van der Waals surface area (Å²) in [5.41, 5.74) is 0.466. The minimum absolute atomic E-state index is 0.0546. The fourth-order valence-corrected chi connectivity index (χ4v) is 2.09. The maximum Gasteiger partial charge on any atom is 0.272 e. The molecule has 1 saturated heterocycles. The zero-order valence-electron chi connectivity index (χ0n) is 10.5. The molecule has 0 spiro atoms. The molecule has 5 heteroatoms. The van der Waals surface area contributed by atoms with E-state index in [-0.39, 0.29) is 11.8 Å². The number of hydrogen-bond acceptors (Lipinski definition) is 3. The molecular formula is C13H17N3O2. The van der Waals surface area contributed by atoms with Gasteiger partial charge in [0.1, 0.15) is 5.69 Å². The van der Waals surface area contributed by atoms with Crippen LogP contribution in [0.3, 0.4) is 0 Å². The molecule has 0 atom stereocenters. The number of hydrogen-bond donors (Lipinski definition) is 0. The minimum Gasteiger partial charge on any atom is -0.341 e. The van der Waals surface area contributed by atoms with Crippen molar-refractivity contribution in [1.82, 2.24) is 14.8 Å². The number of carbonyl (C=O) groups is 2. The van der Waals surface area contributed by atoms with Crippen LogP contribution in [0.4, 0.5) is 0 Å². The van der Waals surface area contributed by atoms with Crippen LogP contribution < -0.4 is 0 Å². The largest absolute Gasteiger partial charge is 0.341 e. The first kappa shape index (κ1) is 12.5. The Morgan fingerprint density at radius 2 is 1.83 bits per heavy atom. The summed E-state index contributed by atoms with van der Waals surface area (Å²) in [5, 5.41) is 0. The lowest BCUT2D eigenvalue weighted by molar-refractivity contribution is -0.128. The predicted octanol–water partition coefficient (Wildman–Crippen LogP) is 0.776. The predicted molar refractivity (Wildman–Crippen MR) is 67.0 cm³/mol. The number of pyridine rings is 1. The maximum atomic E-state index is 12.2. The smallest absolute Gasteiger partial charge is 0.272 e. The summed E-state index contributed by atoms with van der Waals surface area (Å²) in [4.78, 5) is 31.1. The van der Waals surface area contributed by atoms with Crippen molar-refractivity contribution in [3.05, 3.63) is 30.1 Å². The lowest BCUT2D eigenvalue weighted by Crippen LogP contribution is -2.36. The SMILES string of the molecule is CC(=O)N1CCCN(C(=O)c2ccccn2)CC1. The Morgan fingerprint density at radius 1 is 1.11 bits per heavy atom. The Kier molecular flexibility index (Phi) is 3.92. The zero-order valence-corrected chi connectivity index (χ0v) is 10.5. The average molecular weight is 247 g/mol. The summed E-state index contributed by atoms with van der Waals surface area (Å²) in [5.74, 6) is 0.0168. The van der Waals surface area contributed by atoms with Gasteiger partial charge in [0, 0.05) is 39.3 Å². The molecule has 1 aromatic rings. The normalized spacial score (nSPS) is 16.3.